The summed E-state index contributed by atoms with van der Waals surface area (Å²) in [5, 5.41) is 6.90. The maximum absolute atomic E-state index is 12.9. The number of benzene rings is 1. The van der Waals surface area contributed by atoms with Crippen molar-refractivity contribution in [2.24, 2.45) is 4.99 Å². The lowest BCUT2D eigenvalue weighted by molar-refractivity contribution is 0.592. The van der Waals surface area contributed by atoms with Crippen molar-refractivity contribution in [1.29, 1.82) is 0 Å². The zero-order valence-electron chi connectivity index (χ0n) is 13.7. The molecule has 6 nitrogen and oxygen atoms in total. The number of nitrogens with zero attached hydrogens (tertiary/aromatic N) is 3. The minimum Gasteiger partial charge on any atom is -0.266 e. The summed E-state index contributed by atoms with van der Waals surface area (Å²) in [6, 6.07) is 13.6. The van der Waals surface area contributed by atoms with Crippen molar-refractivity contribution >= 4 is 38.3 Å². The fourth-order valence-electron chi connectivity index (χ4n) is 2.60. The van der Waals surface area contributed by atoms with E-state index in [4.69, 9.17) is 0 Å². The third-order valence-corrected chi connectivity index (χ3v) is 7.00. The standard InChI is InChI=1S/C17H16N4O2S3/c22-26(23,20-17-18-8-10-25-17)15-12-21(11-13-5-2-1-3-6-13)19-16(15)14-7-4-9-24-14/h1-7,9,12H,8,10-11H2,(H,18,20). The van der Waals surface area contributed by atoms with E-state index in [0.29, 0.717) is 24.0 Å². The number of nitrogens with one attached hydrogen (secondary N) is 1. The fraction of sp³-hybridized carbons (Fsp3) is 0.176. The largest absolute Gasteiger partial charge is 0.267 e. The van der Waals surface area contributed by atoms with Gasteiger partial charge in [-0.05, 0) is 17.0 Å². The molecule has 0 atom stereocenters. The first-order valence-corrected chi connectivity index (χ1v) is 11.3. The van der Waals surface area contributed by atoms with E-state index in [1.165, 1.54) is 23.1 Å². The monoisotopic (exact) mass is 404 g/mol. The number of aliphatic imine (C=N–C) groups is 1. The molecule has 0 fully saturated rings. The normalized spacial score (nSPS) is 14.4. The molecule has 0 spiro atoms. The van der Waals surface area contributed by atoms with E-state index in [-0.39, 0.29) is 4.90 Å². The van der Waals surface area contributed by atoms with Gasteiger partial charge in [0.05, 0.1) is 18.0 Å². The predicted octanol–water partition coefficient (Wildman–Crippen LogP) is 3.04. The molecule has 0 radical (unpaired) electrons. The second kappa shape index (κ2) is 7.26. The molecule has 134 valence electrons. The molecule has 4 rings (SSSR count). The van der Waals surface area contributed by atoms with Gasteiger partial charge in [0.25, 0.3) is 10.0 Å². The number of rotatable bonds is 5. The highest BCUT2D eigenvalue weighted by molar-refractivity contribution is 8.15. The number of sulfonamides is 1. The Bertz CT molecular complexity index is 1030. The van der Waals surface area contributed by atoms with E-state index in [9.17, 15) is 8.42 Å². The highest BCUT2D eigenvalue weighted by Gasteiger charge is 2.26. The molecule has 1 aliphatic heterocycles. The van der Waals surface area contributed by atoms with Crippen LogP contribution in [-0.4, -0.2) is 35.7 Å². The van der Waals surface area contributed by atoms with Gasteiger partial charge < -0.3 is 0 Å². The first-order chi connectivity index (χ1) is 12.6. The van der Waals surface area contributed by atoms with Crippen LogP contribution in [0.4, 0.5) is 0 Å². The van der Waals surface area contributed by atoms with Crippen molar-refractivity contribution < 1.29 is 8.42 Å². The Balaban J connectivity index is 1.72. The smallest absolute Gasteiger partial charge is 0.266 e. The van der Waals surface area contributed by atoms with Crippen LogP contribution in [0.15, 0.2) is 63.9 Å². The van der Waals surface area contributed by atoms with Gasteiger partial charge >= 0.3 is 0 Å². The number of thiophene rings is 1. The van der Waals surface area contributed by atoms with Crippen molar-refractivity contribution in [2.45, 2.75) is 11.4 Å². The Morgan fingerprint density at radius 3 is 2.69 bits per heavy atom. The van der Waals surface area contributed by atoms with Crippen molar-refractivity contribution in [1.82, 2.24) is 14.5 Å². The molecule has 0 unspecified atom stereocenters. The minimum atomic E-state index is -3.75. The molecule has 9 heteroatoms. The lowest BCUT2D eigenvalue weighted by Crippen LogP contribution is -2.27. The van der Waals surface area contributed by atoms with Gasteiger partial charge in [-0.2, -0.15) is 5.10 Å². The van der Waals surface area contributed by atoms with Gasteiger partial charge in [0, 0.05) is 11.9 Å². The summed E-state index contributed by atoms with van der Waals surface area (Å²) in [6.07, 6.45) is 1.59. The molecule has 2 aromatic heterocycles. The Kier molecular flexibility index (Phi) is 4.84. The van der Waals surface area contributed by atoms with Crippen LogP contribution >= 0.6 is 23.1 Å². The Hall–Kier alpha value is -2.10. The van der Waals surface area contributed by atoms with E-state index in [1.54, 1.807) is 10.9 Å². The molecule has 3 aromatic rings. The molecule has 0 bridgehead atoms. The van der Waals surface area contributed by atoms with Gasteiger partial charge in [-0.25, -0.2) is 8.42 Å². The first-order valence-electron chi connectivity index (χ1n) is 7.97. The molecule has 1 N–H and O–H groups in total. The molecule has 0 amide bonds. The Morgan fingerprint density at radius 1 is 1.15 bits per heavy atom. The van der Waals surface area contributed by atoms with Crippen LogP contribution in [0.3, 0.4) is 0 Å². The van der Waals surface area contributed by atoms with Gasteiger partial charge in [-0.15, -0.1) is 11.3 Å². The molecular formula is C17H16N4O2S3. The summed E-state index contributed by atoms with van der Waals surface area (Å²) in [7, 11) is -3.75. The molecular weight excluding hydrogens is 388 g/mol. The van der Waals surface area contributed by atoms with Crippen LogP contribution in [0.5, 0.6) is 0 Å². The summed E-state index contributed by atoms with van der Waals surface area (Å²) < 4.78 is 30.1. The maximum atomic E-state index is 12.9. The van der Waals surface area contributed by atoms with Crippen LogP contribution < -0.4 is 4.72 Å². The summed E-state index contributed by atoms with van der Waals surface area (Å²) in [6.45, 7) is 1.14. The quantitative estimate of drug-likeness (QED) is 0.709. The Labute approximate surface area is 160 Å². The first kappa shape index (κ1) is 17.3. The SMILES string of the molecule is O=S(=O)(NC1=NCCS1)c1cn(Cc2ccccc2)nc1-c1cccs1. The zero-order valence-corrected chi connectivity index (χ0v) is 16.1. The van der Waals surface area contributed by atoms with Crippen molar-refractivity contribution in [3.05, 3.63) is 59.6 Å². The molecule has 26 heavy (non-hydrogen) atoms. The molecule has 1 aromatic carbocycles. The molecule has 3 heterocycles. The highest BCUT2D eigenvalue weighted by atomic mass is 32.2. The van der Waals surface area contributed by atoms with Crippen molar-refractivity contribution in [3.8, 4) is 10.6 Å². The van der Waals surface area contributed by atoms with E-state index >= 15 is 0 Å². The lowest BCUT2D eigenvalue weighted by Gasteiger charge is -2.06. The average Bonchev–Trinajstić information content (AvgIpc) is 3.36. The molecule has 0 aliphatic carbocycles. The number of aromatic nitrogens is 2. The van der Waals surface area contributed by atoms with Crippen molar-refractivity contribution in [2.75, 3.05) is 12.3 Å². The van der Waals surface area contributed by atoms with Gasteiger partial charge in [-0.1, -0.05) is 48.2 Å². The van der Waals surface area contributed by atoms with Crippen molar-refractivity contribution in [3.63, 3.8) is 0 Å². The van der Waals surface area contributed by atoms with E-state index < -0.39 is 10.0 Å². The molecule has 0 saturated carbocycles. The number of thioether (sulfide) groups is 1. The van der Waals surface area contributed by atoms with Gasteiger partial charge in [0.2, 0.25) is 0 Å². The van der Waals surface area contributed by atoms with E-state index in [2.05, 4.69) is 14.8 Å². The Morgan fingerprint density at radius 2 is 2.00 bits per heavy atom. The maximum Gasteiger partial charge on any atom is 0.267 e. The third kappa shape index (κ3) is 3.69. The second-order valence-corrected chi connectivity index (χ2v) is 9.33. The second-order valence-electron chi connectivity index (χ2n) is 5.64. The lowest BCUT2D eigenvalue weighted by atomic mass is 10.2. The zero-order chi connectivity index (χ0) is 18.0. The summed E-state index contributed by atoms with van der Waals surface area (Å²) >= 11 is 2.88. The molecule has 0 saturated heterocycles. The number of amidine groups is 1. The predicted molar refractivity (Wildman–Crippen MR) is 106 cm³/mol. The third-order valence-electron chi connectivity index (χ3n) is 3.77. The van der Waals surface area contributed by atoms with Crippen LogP contribution in [0, 0.1) is 0 Å². The van der Waals surface area contributed by atoms with Crippen LogP contribution in [-0.2, 0) is 16.6 Å². The number of hydrogen-bond acceptors (Lipinski definition) is 6. The van der Waals surface area contributed by atoms with E-state index in [1.807, 2.05) is 47.8 Å². The van der Waals surface area contributed by atoms with E-state index in [0.717, 1.165) is 16.2 Å². The van der Waals surface area contributed by atoms with Gasteiger partial charge in [-0.3, -0.25) is 14.4 Å². The molecule has 1 aliphatic rings. The van der Waals surface area contributed by atoms with Gasteiger partial charge in [0.15, 0.2) is 5.17 Å². The fourth-order valence-corrected chi connectivity index (χ4v) is 5.58. The summed E-state index contributed by atoms with van der Waals surface area (Å²) in [5.74, 6) is 0.795. The average molecular weight is 405 g/mol. The number of hydrogen-bond donors (Lipinski definition) is 1. The van der Waals surface area contributed by atoms with Crippen LogP contribution in [0.1, 0.15) is 5.56 Å². The highest BCUT2D eigenvalue weighted by Crippen LogP contribution is 2.30. The van der Waals surface area contributed by atoms with Crippen LogP contribution in [0.25, 0.3) is 10.6 Å². The minimum absolute atomic E-state index is 0.172. The summed E-state index contributed by atoms with van der Waals surface area (Å²) in [4.78, 5) is 5.17. The van der Waals surface area contributed by atoms with Gasteiger partial charge in [0.1, 0.15) is 10.6 Å². The summed E-state index contributed by atoms with van der Waals surface area (Å²) in [5.41, 5.74) is 1.52. The van der Waals surface area contributed by atoms with Crippen LogP contribution in [0.2, 0.25) is 0 Å². The topological polar surface area (TPSA) is 76.3 Å².